The van der Waals surface area contributed by atoms with Gasteiger partial charge in [-0.3, -0.25) is 0 Å². The zero-order chi connectivity index (χ0) is 24.9. The minimum atomic E-state index is 0.605. The predicted octanol–water partition coefficient (Wildman–Crippen LogP) is 7.71. The van der Waals surface area contributed by atoms with Crippen LogP contribution in [0.3, 0.4) is 0 Å². The Morgan fingerprint density at radius 1 is 0.750 bits per heavy atom. The molecule has 0 aromatic heterocycles. The molecule has 0 bridgehead atoms. The summed E-state index contributed by atoms with van der Waals surface area (Å²) in [5, 5.41) is 2.07. The van der Waals surface area contributed by atoms with Crippen LogP contribution in [0.1, 0.15) is 26.2 Å². The van der Waals surface area contributed by atoms with Crippen LogP contribution in [0.25, 0.3) is 21.9 Å². The van der Waals surface area contributed by atoms with E-state index in [0.717, 1.165) is 69.4 Å². The maximum Gasteiger partial charge on any atom is 0.154 e. The molecule has 0 spiro atoms. The van der Waals surface area contributed by atoms with Crippen LogP contribution >= 0.6 is 0 Å². The molecule has 186 valence electrons. The summed E-state index contributed by atoms with van der Waals surface area (Å²) in [7, 11) is 3.38. The third kappa shape index (κ3) is 4.78. The van der Waals surface area contributed by atoms with Gasteiger partial charge in [0.25, 0.3) is 0 Å². The van der Waals surface area contributed by atoms with E-state index >= 15 is 0 Å². The van der Waals surface area contributed by atoms with Crippen LogP contribution in [0.5, 0.6) is 28.7 Å². The monoisotopic (exact) mass is 483 g/mol. The van der Waals surface area contributed by atoms with E-state index in [0.29, 0.717) is 6.61 Å². The minimum Gasteiger partial charge on any atom is -0.497 e. The summed E-state index contributed by atoms with van der Waals surface area (Å²) < 4.78 is 24.0. The fraction of sp³-hybridized carbons (Fsp3) is 0.290. The maximum absolute atomic E-state index is 6.89. The first-order valence-electron chi connectivity index (χ1n) is 12.7. The van der Waals surface area contributed by atoms with E-state index in [1.54, 1.807) is 14.2 Å². The van der Waals surface area contributed by atoms with Crippen LogP contribution < -0.4 is 23.8 Å². The number of hydrogen-bond donors (Lipinski definition) is 0. The van der Waals surface area contributed by atoms with Crippen molar-refractivity contribution in [2.75, 3.05) is 38.8 Å². The molecule has 0 radical (unpaired) electrons. The first-order valence-corrected chi connectivity index (χ1v) is 12.7. The summed E-state index contributed by atoms with van der Waals surface area (Å²) in [5.74, 6) is 4.09. The summed E-state index contributed by atoms with van der Waals surface area (Å²) in [4.78, 5) is 2.41. The van der Waals surface area contributed by atoms with Crippen LogP contribution in [0.15, 0.2) is 72.8 Å². The second kappa shape index (κ2) is 10.8. The quantitative estimate of drug-likeness (QED) is 0.257. The molecule has 0 N–H and O–H groups in total. The number of hydrogen-bond acceptors (Lipinski definition) is 5. The number of para-hydroxylation sites is 1. The van der Waals surface area contributed by atoms with Crippen LogP contribution in [-0.2, 0) is 0 Å². The standard InChI is InChI=1S/C31H33NO4/c1-4-35-28-12-9-13-29(30(28)32-18-6-5-7-19-32)36-31-26(22-10-8-11-24(20-22)33-2)16-14-23-21-25(34-3)15-17-27(23)31/h8-17,20-21H,4-7,18-19H2,1-3H3. The second-order valence-corrected chi connectivity index (χ2v) is 8.95. The minimum absolute atomic E-state index is 0.605. The third-order valence-electron chi connectivity index (χ3n) is 6.70. The molecule has 0 amide bonds. The average molecular weight is 484 g/mol. The number of piperidine rings is 1. The summed E-state index contributed by atoms with van der Waals surface area (Å²) >= 11 is 0. The van der Waals surface area contributed by atoms with Gasteiger partial charge in [0.2, 0.25) is 0 Å². The van der Waals surface area contributed by atoms with Gasteiger partial charge in [0.05, 0.1) is 20.8 Å². The van der Waals surface area contributed by atoms with Crippen LogP contribution in [0, 0.1) is 0 Å². The third-order valence-corrected chi connectivity index (χ3v) is 6.70. The van der Waals surface area contributed by atoms with Crippen molar-refractivity contribution >= 4 is 16.5 Å². The molecular weight excluding hydrogens is 450 g/mol. The summed E-state index contributed by atoms with van der Waals surface area (Å²) in [5.41, 5.74) is 3.06. The van der Waals surface area contributed by atoms with Gasteiger partial charge in [-0.05, 0) is 85.7 Å². The highest BCUT2D eigenvalue weighted by molar-refractivity contribution is 5.96. The van der Waals surface area contributed by atoms with Crippen molar-refractivity contribution in [3.8, 4) is 39.9 Å². The van der Waals surface area contributed by atoms with Gasteiger partial charge in [0, 0.05) is 24.0 Å². The van der Waals surface area contributed by atoms with Crippen molar-refractivity contribution in [2.24, 2.45) is 0 Å². The van der Waals surface area contributed by atoms with Gasteiger partial charge in [-0.1, -0.05) is 24.3 Å². The summed E-state index contributed by atoms with van der Waals surface area (Å²) in [6, 6.07) is 24.5. The van der Waals surface area contributed by atoms with Crippen molar-refractivity contribution in [3.63, 3.8) is 0 Å². The Hall–Kier alpha value is -3.86. The molecule has 36 heavy (non-hydrogen) atoms. The van der Waals surface area contributed by atoms with E-state index in [9.17, 15) is 0 Å². The Morgan fingerprint density at radius 2 is 1.50 bits per heavy atom. The molecule has 0 aliphatic carbocycles. The lowest BCUT2D eigenvalue weighted by Crippen LogP contribution is -2.30. The largest absolute Gasteiger partial charge is 0.497 e. The van der Waals surface area contributed by atoms with Crippen LogP contribution in [0.4, 0.5) is 5.69 Å². The lowest BCUT2D eigenvalue weighted by Gasteiger charge is -2.32. The van der Waals surface area contributed by atoms with Crippen molar-refractivity contribution in [1.29, 1.82) is 0 Å². The van der Waals surface area contributed by atoms with Crippen LogP contribution in [0.2, 0.25) is 0 Å². The number of fused-ring (bicyclic) bond motifs is 1. The van der Waals surface area contributed by atoms with Gasteiger partial charge in [-0.15, -0.1) is 0 Å². The van der Waals surface area contributed by atoms with E-state index in [2.05, 4.69) is 29.2 Å². The fourth-order valence-electron chi connectivity index (χ4n) is 4.93. The molecule has 1 aliphatic rings. The van der Waals surface area contributed by atoms with Crippen molar-refractivity contribution < 1.29 is 18.9 Å². The van der Waals surface area contributed by atoms with Gasteiger partial charge in [-0.25, -0.2) is 0 Å². The first kappa shape index (κ1) is 23.9. The normalized spacial score (nSPS) is 13.5. The molecule has 1 saturated heterocycles. The Bertz CT molecular complexity index is 1340. The second-order valence-electron chi connectivity index (χ2n) is 8.95. The predicted molar refractivity (Wildman–Crippen MR) is 146 cm³/mol. The first-order chi connectivity index (χ1) is 17.7. The Kier molecular flexibility index (Phi) is 7.17. The molecule has 0 atom stereocenters. The highest BCUT2D eigenvalue weighted by Gasteiger charge is 2.22. The molecule has 4 aromatic carbocycles. The molecule has 5 nitrogen and oxygen atoms in total. The Labute approximate surface area is 213 Å². The van der Waals surface area contributed by atoms with E-state index in [1.807, 2.05) is 55.5 Å². The molecule has 1 heterocycles. The summed E-state index contributed by atoms with van der Waals surface area (Å²) in [6.07, 6.45) is 3.60. The number of methoxy groups -OCH3 is 2. The van der Waals surface area contributed by atoms with E-state index in [1.165, 1.54) is 19.3 Å². The average Bonchev–Trinajstić information content (AvgIpc) is 2.93. The zero-order valence-corrected chi connectivity index (χ0v) is 21.3. The van der Waals surface area contributed by atoms with E-state index in [-0.39, 0.29) is 0 Å². The topological polar surface area (TPSA) is 40.2 Å². The fourth-order valence-corrected chi connectivity index (χ4v) is 4.93. The molecule has 4 aromatic rings. The number of ether oxygens (including phenoxy) is 4. The highest BCUT2D eigenvalue weighted by atomic mass is 16.5. The van der Waals surface area contributed by atoms with Crippen molar-refractivity contribution in [1.82, 2.24) is 0 Å². The smallest absolute Gasteiger partial charge is 0.154 e. The highest BCUT2D eigenvalue weighted by Crippen LogP contribution is 2.46. The van der Waals surface area contributed by atoms with Gasteiger partial charge >= 0.3 is 0 Å². The molecule has 1 aliphatic heterocycles. The lowest BCUT2D eigenvalue weighted by atomic mass is 9.99. The molecule has 5 heteroatoms. The molecule has 0 saturated carbocycles. The number of nitrogens with zero attached hydrogens (tertiary/aromatic N) is 1. The molecule has 0 unspecified atom stereocenters. The Morgan fingerprint density at radius 3 is 2.28 bits per heavy atom. The molecular formula is C31H33NO4. The summed E-state index contributed by atoms with van der Waals surface area (Å²) in [6.45, 7) is 4.62. The maximum atomic E-state index is 6.89. The van der Waals surface area contributed by atoms with Crippen molar-refractivity contribution in [2.45, 2.75) is 26.2 Å². The van der Waals surface area contributed by atoms with Gasteiger partial charge < -0.3 is 23.8 Å². The van der Waals surface area contributed by atoms with Gasteiger partial charge in [-0.2, -0.15) is 0 Å². The SMILES string of the molecule is CCOc1cccc(Oc2c(-c3cccc(OC)c3)ccc3cc(OC)ccc23)c1N1CCCCC1. The van der Waals surface area contributed by atoms with Gasteiger partial charge in [0.15, 0.2) is 5.75 Å². The molecule has 1 fully saturated rings. The number of anilines is 1. The van der Waals surface area contributed by atoms with Gasteiger partial charge in [0.1, 0.15) is 28.7 Å². The lowest BCUT2D eigenvalue weighted by molar-refractivity contribution is 0.337. The Balaban J connectivity index is 1.69. The number of rotatable bonds is 8. The van der Waals surface area contributed by atoms with Crippen LogP contribution in [-0.4, -0.2) is 33.9 Å². The zero-order valence-electron chi connectivity index (χ0n) is 21.3. The molecule has 5 rings (SSSR count). The van der Waals surface area contributed by atoms with E-state index in [4.69, 9.17) is 18.9 Å². The van der Waals surface area contributed by atoms with Crippen molar-refractivity contribution in [3.05, 3.63) is 72.8 Å². The number of benzene rings is 4. The van der Waals surface area contributed by atoms with E-state index < -0.39 is 0 Å².